The summed E-state index contributed by atoms with van der Waals surface area (Å²) in [6.07, 6.45) is 2.15. The lowest BCUT2D eigenvalue weighted by Crippen LogP contribution is -2.56. The van der Waals surface area contributed by atoms with Crippen LogP contribution in [0.1, 0.15) is 39.5 Å². The van der Waals surface area contributed by atoms with Gasteiger partial charge in [-0.15, -0.1) is 0 Å². The van der Waals surface area contributed by atoms with Crippen LogP contribution in [0, 0.1) is 0 Å². The zero-order valence-corrected chi connectivity index (χ0v) is 16.7. The molecule has 29 heavy (non-hydrogen) atoms. The first-order valence-electron chi connectivity index (χ1n) is 9.54. The second-order valence-corrected chi connectivity index (χ2v) is 6.96. The number of aliphatic carboxylic acids is 1. The van der Waals surface area contributed by atoms with Gasteiger partial charge in [-0.2, -0.15) is 0 Å². The first kappa shape index (κ1) is 24.1. The number of hydrogen-bond donors (Lipinski definition) is 7. The number of aliphatic imine (C=N–C) groups is 1. The van der Waals surface area contributed by atoms with E-state index in [1.807, 2.05) is 0 Å². The summed E-state index contributed by atoms with van der Waals surface area (Å²) in [6, 6.07) is -3.32. The number of nitrogens with zero attached hydrogens (tertiary/aromatic N) is 1. The van der Waals surface area contributed by atoms with E-state index in [2.05, 4.69) is 26.3 Å². The molecular weight excluding hydrogens is 382 g/mol. The summed E-state index contributed by atoms with van der Waals surface area (Å²) in [7, 11) is 0. The highest BCUT2D eigenvalue weighted by molar-refractivity contribution is 5.93. The molecule has 0 saturated carbocycles. The largest absolute Gasteiger partial charge is 0.480 e. The van der Waals surface area contributed by atoms with Gasteiger partial charge in [0.1, 0.15) is 18.1 Å². The van der Waals surface area contributed by atoms with Gasteiger partial charge < -0.3 is 37.8 Å². The Morgan fingerprint density at radius 3 is 2.34 bits per heavy atom. The van der Waals surface area contributed by atoms with E-state index in [4.69, 9.17) is 16.6 Å². The van der Waals surface area contributed by atoms with E-state index >= 15 is 0 Å². The predicted molar refractivity (Wildman–Crippen MR) is 106 cm³/mol. The Balaban J connectivity index is 2.67. The smallest absolute Gasteiger partial charge is 0.325 e. The number of nitrogens with two attached hydrogens (primary N) is 2. The molecule has 1 fully saturated rings. The van der Waals surface area contributed by atoms with Crippen molar-refractivity contribution in [3.8, 4) is 0 Å². The number of rotatable bonds is 11. The molecule has 1 rings (SSSR count). The fourth-order valence-electron chi connectivity index (χ4n) is 2.73. The van der Waals surface area contributed by atoms with Crippen LogP contribution in [0.2, 0.25) is 0 Å². The van der Waals surface area contributed by atoms with Gasteiger partial charge in [0.2, 0.25) is 17.7 Å². The molecule has 0 aliphatic carbocycles. The van der Waals surface area contributed by atoms with Gasteiger partial charge in [-0.1, -0.05) is 0 Å². The molecule has 0 radical (unpaired) electrons. The van der Waals surface area contributed by atoms with E-state index in [-0.39, 0.29) is 30.9 Å². The molecule has 12 heteroatoms. The normalized spacial score (nSPS) is 18.8. The number of carbonyl (C=O) groups is 4. The van der Waals surface area contributed by atoms with Crippen molar-refractivity contribution in [3.63, 3.8) is 0 Å². The second kappa shape index (κ2) is 11.8. The summed E-state index contributed by atoms with van der Waals surface area (Å²) >= 11 is 0. The Bertz CT molecular complexity index is 630. The number of amides is 3. The number of carboxylic acid groups (broad SMARTS) is 1. The monoisotopic (exact) mass is 413 g/mol. The molecule has 1 saturated heterocycles. The van der Waals surface area contributed by atoms with Gasteiger partial charge in [-0.25, -0.2) is 0 Å². The molecule has 3 amide bonds. The van der Waals surface area contributed by atoms with Crippen LogP contribution in [0.15, 0.2) is 4.99 Å². The van der Waals surface area contributed by atoms with Crippen molar-refractivity contribution in [2.24, 2.45) is 16.5 Å². The highest BCUT2D eigenvalue weighted by atomic mass is 16.4. The lowest BCUT2D eigenvalue weighted by molar-refractivity contribution is -0.141. The zero-order valence-electron chi connectivity index (χ0n) is 16.7. The SMILES string of the molecule is CC(NC(=O)C(CCCN=C(N)N)NC(=O)C(C)NC(=O)C1CCCN1)C(=O)O. The van der Waals surface area contributed by atoms with Crippen LogP contribution < -0.4 is 32.7 Å². The number of nitrogens with one attached hydrogen (secondary N) is 4. The van der Waals surface area contributed by atoms with Gasteiger partial charge in [0.15, 0.2) is 5.96 Å². The van der Waals surface area contributed by atoms with Crippen molar-refractivity contribution in [3.05, 3.63) is 0 Å². The summed E-state index contributed by atoms with van der Waals surface area (Å²) in [4.78, 5) is 51.8. The molecule has 0 aromatic carbocycles. The first-order valence-corrected chi connectivity index (χ1v) is 9.54. The molecule has 1 aliphatic rings. The molecule has 0 aromatic rings. The van der Waals surface area contributed by atoms with Crippen LogP contribution in [0.3, 0.4) is 0 Å². The average Bonchev–Trinajstić information content (AvgIpc) is 3.18. The van der Waals surface area contributed by atoms with Crippen LogP contribution in [0.25, 0.3) is 0 Å². The van der Waals surface area contributed by atoms with E-state index in [0.717, 1.165) is 13.0 Å². The molecule has 9 N–H and O–H groups in total. The van der Waals surface area contributed by atoms with Gasteiger partial charge in [-0.05, 0) is 46.1 Å². The summed E-state index contributed by atoms with van der Waals surface area (Å²) in [5.74, 6) is -2.77. The molecule has 0 spiro atoms. The highest BCUT2D eigenvalue weighted by Crippen LogP contribution is 2.05. The molecule has 4 unspecified atom stereocenters. The molecule has 1 heterocycles. The zero-order chi connectivity index (χ0) is 22.0. The van der Waals surface area contributed by atoms with Crippen LogP contribution in [0.5, 0.6) is 0 Å². The van der Waals surface area contributed by atoms with E-state index in [9.17, 15) is 19.2 Å². The van der Waals surface area contributed by atoms with Crippen LogP contribution in [-0.2, 0) is 19.2 Å². The molecule has 1 aliphatic heterocycles. The fraction of sp³-hybridized carbons (Fsp3) is 0.706. The van der Waals surface area contributed by atoms with E-state index in [1.54, 1.807) is 0 Å². The summed E-state index contributed by atoms with van der Waals surface area (Å²) in [5.41, 5.74) is 10.5. The minimum absolute atomic E-state index is 0.0913. The van der Waals surface area contributed by atoms with E-state index in [0.29, 0.717) is 12.8 Å². The number of carbonyl (C=O) groups excluding carboxylic acids is 3. The maximum absolute atomic E-state index is 12.5. The molecule has 12 nitrogen and oxygen atoms in total. The molecule has 0 bridgehead atoms. The van der Waals surface area contributed by atoms with Crippen molar-refractivity contribution < 1.29 is 24.3 Å². The molecule has 0 aromatic heterocycles. The minimum Gasteiger partial charge on any atom is -0.480 e. The molecule has 4 atom stereocenters. The third-order valence-electron chi connectivity index (χ3n) is 4.44. The Morgan fingerprint density at radius 1 is 1.10 bits per heavy atom. The van der Waals surface area contributed by atoms with Crippen molar-refractivity contribution >= 4 is 29.7 Å². The number of carboxylic acids is 1. The lowest BCUT2D eigenvalue weighted by atomic mass is 10.1. The van der Waals surface area contributed by atoms with Crippen molar-refractivity contribution in [1.82, 2.24) is 21.3 Å². The van der Waals surface area contributed by atoms with Crippen molar-refractivity contribution in [2.75, 3.05) is 13.1 Å². The molecular formula is C17H31N7O5. The van der Waals surface area contributed by atoms with Crippen molar-refractivity contribution in [1.29, 1.82) is 0 Å². The summed E-state index contributed by atoms with van der Waals surface area (Å²) in [5, 5.41) is 19.5. The van der Waals surface area contributed by atoms with Crippen LogP contribution in [0.4, 0.5) is 0 Å². The topological polar surface area (TPSA) is 201 Å². The fourth-order valence-corrected chi connectivity index (χ4v) is 2.73. The van der Waals surface area contributed by atoms with Gasteiger partial charge in [0, 0.05) is 6.54 Å². The summed E-state index contributed by atoms with van der Waals surface area (Å²) < 4.78 is 0. The first-order chi connectivity index (χ1) is 13.6. The van der Waals surface area contributed by atoms with Gasteiger partial charge in [0.25, 0.3) is 0 Å². The number of guanidine groups is 1. The van der Waals surface area contributed by atoms with E-state index in [1.165, 1.54) is 13.8 Å². The van der Waals surface area contributed by atoms with Gasteiger partial charge >= 0.3 is 5.97 Å². The quantitative estimate of drug-likeness (QED) is 0.108. The maximum atomic E-state index is 12.5. The molecule has 164 valence electrons. The average molecular weight is 413 g/mol. The highest BCUT2D eigenvalue weighted by Gasteiger charge is 2.28. The summed E-state index contributed by atoms with van der Waals surface area (Å²) in [6.45, 7) is 3.82. The van der Waals surface area contributed by atoms with E-state index < -0.39 is 35.9 Å². The lowest BCUT2D eigenvalue weighted by Gasteiger charge is -2.23. The standard InChI is InChI=1S/C17H31N7O5/c1-9(22-14(26)11-5-3-7-20-11)13(25)24-12(6-4-8-21-17(18)19)15(27)23-10(2)16(28)29/h9-12,20H,3-8H2,1-2H3,(H,22,26)(H,23,27)(H,24,25)(H,28,29)(H4,18,19,21). The van der Waals surface area contributed by atoms with Gasteiger partial charge in [0.05, 0.1) is 6.04 Å². The minimum atomic E-state index is -1.20. The number of hydrogen-bond acceptors (Lipinski definition) is 6. The Morgan fingerprint density at radius 2 is 1.79 bits per heavy atom. The van der Waals surface area contributed by atoms with Crippen LogP contribution >= 0.6 is 0 Å². The predicted octanol–water partition coefficient (Wildman–Crippen LogP) is -2.63. The van der Waals surface area contributed by atoms with Gasteiger partial charge in [-0.3, -0.25) is 24.2 Å². The third-order valence-corrected chi connectivity index (χ3v) is 4.44. The Kier molecular flexibility index (Phi) is 9.86. The van der Waals surface area contributed by atoms with Crippen molar-refractivity contribution in [2.45, 2.75) is 63.7 Å². The van der Waals surface area contributed by atoms with Crippen LogP contribution in [-0.4, -0.2) is 72.0 Å². The third kappa shape index (κ3) is 8.77. The Labute approximate surface area is 169 Å². The maximum Gasteiger partial charge on any atom is 0.325 e. The second-order valence-electron chi connectivity index (χ2n) is 6.96. The Hall–Kier alpha value is -2.89.